The third-order valence-electron chi connectivity index (χ3n) is 6.51. The molecule has 2 aliphatic rings. The summed E-state index contributed by atoms with van der Waals surface area (Å²) < 4.78 is 17.6. The van der Waals surface area contributed by atoms with Gasteiger partial charge in [-0.05, 0) is 61.6 Å². The molecule has 1 aliphatic heterocycles. The molecule has 202 valence electrons. The van der Waals surface area contributed by atoms with Crippen molar-refractivity contribution in [1.29, 1.82) is 0 Å². The van der Waals surface area contributed by atoms with E-state index in [9.17, 15) is 0 Å². The predicted octanol–water partition coefficient (Wildman–Crippen LogP) is 6.03. The van der Waals surface area contributed by atoms with Crippen LogP contribution in [0.1, 0.15) is 50.0 Å². The lowest BCUT2D eigenvalue weighted by atomic mass is 9.92. The number of nitrogens with two attached hydrogens (primary N) is 1. The highest BCUT2D eigenvalue weighted by Crippen LogP contribution is 2.45. The van der Waals surface area contributed by atoms with Crippen LogP contribution in [-0.2, 0) is 0 Å². The molecule has 0 spiro atoms. The van der Waals surface area contributed by atoms with Gasteiger partial charge in [0.2, 0.25) is 0 Å². The van der Waals surface area contributed by atoms with E-state index >= 15 is 0 Å². The number of benzene rings is 2. The van der Waals surface area contributed by atoms with E-state index < -0.39 is 0 Å². The Morgan fingerprint density at radius 3 is 2.58 bits per heavy atom. The second-order valence-corrected chi connectivity index (χ2v) is 10.2. The molecule has 0 fully saturated rings. The summed E-state index contributed by atoms with van der Waals surface area (Å²) in [5.41, 5.74) is 8.31. The van der Waals surface area contributed by atoms with Crippen LogP contribution < -0.4 is 35.9 Å². The Labute approximate surface area is 235 Å². The monoisotopic (exact) mass is 552 g/mol. The zero-order valence-electron chi connectivity index (χ0n) is 21.7. The largest absolute Gasteiger partial charge is 0.495 e. The summed E-state index contributed by atoms with van der Waals surface area (Å²) in [7, 11) is 1.67. The van der Waals surface area contributed by atoms with E-state index in [0.717, 1.165) is 66.4 Å². The highest BCUT2D eigenvalue weighted by atomic mass is 32.1. The molecule has 2 atom stereocenters. The summed E-state index contributed by atoms with van der Waals surface area (Å²) in [6.07, 6.45) is 15.2. The number of ether oxygens (including phenoxy) is 3. The molecule has 7 nitrogen and oxygen atoms in total. The molecule has 0 saturated heterocycles. The van der Waals surface area contributed by atoms with Crippen molar-refractivity contribution < 1.29 is 14.2 Å². The van der Waals surface area contributed by atoms with E-state index in [4.69, 9.17) is 44.4 Å². The van der Waals surface area contributed by atoms with Crippen molar-refractivity contribution in [3.05, 3.63) is 66.3 Å². The zero-order chi connectivity index (χ0) is 26.7. The van der Waals surface area contributed by atoms with Crippen molar-refractivity contribution in [3.8, 4) is 17.2 Å². The number of thiocarbonyl (C=S) groups is 2. The van der Waals surface area contributed by atoms with Crippen LogP contribution in [-0.4, -0.2) is 36.6 Å². The summed E-state index contributed by atoms with van der Waals surface area (Å²) in [6.45, 7) is 1.53. The molecule has 4 rings (SSSR count). The first-order valence-corrected chi connectivity index (χ1v) is 13.9. The van der Waals surface area contributed by atoms with Crippen LogP contribution in [0.5, 0.6) is 17.2 Å². The quantitative estimate of drug-likeness (QED) is 0.176. The minimum absolute atomic E-state index is 0.0449. The number of rotatable bonds is 13. The smallest absolute Gasteiger partial charge is 0.170 e. The lowest BCUT2D eigenvalue weighted by molar-refractivity contribution is 0.269. The van der Waals surface area contributed by atoms with Gasteiger partial charge in [-0.15, -0.1) is 0 Å². The predicted molar refractivity (Wildman–Crippen MR) is 163 cm³/mol. The number of unbranched alkanes of at least 4 members (excludes halogenated alkanes) is 5. The van der Waals surface area contributed by atoms with Gasteiger partial charge in [-0.2, -0.15) is 0 Å². The Morgan fingerprint density at radius 2 is 1.76 bits per heavy atom. The van der Waals surface area contributed by atoms with Crippen molar-refractivity contribution in [2.24, 2.45) is 5.73 Å². The maximum atomic E-state index is 6.12. The summed E-state index contributed by atoms with van der Waals surface area (Å²) in [4.78, 5) is 0. The molecule has 2 aromatic rings. The van der Waals surface area contributed by atoms with Crippen molar-refractivity contribution in [1.82, 2.24) is 5.32 Å². The number of hydrogen-bond acceptors (Lipinski definition) is 5. The van der Waals surface area contributed by atoms with Gasteiger partial charge in [0, 0.05) is 35.8 Å². The van der Waals surface area contributed by atoms with Gasteiger partial charge in [-0.3, -0.25) is 0 Å². The van der Waals surface area contributed by atoms with Crippen LogP contribution in [0.3, 0.4) is 0 Å². The van der Waals surface area contributed by atoms with Crippen LogP contribution in [0, 0.1) is 0 Å². The first kappa shape index (κ1) is 27.7. The summed E-state index contributed by atoms with van der Waals surface area (Å²) in [5.74, 6) is 2.67. The molecule has 0 aromatic heterocycles. The molecular weight excluding hydrogens is 516 g/mol. The van der Waals surface area contributed by atoms with Gasteiger partial charge < -0.3 is 35.9 Å². The van der Waals surface area contributed by atoms with Crippen LogP contribution in [0.4, 0.5) is 11.4 Å². The van der Waals surface area contributed by atoms with Crippen molar-refractivity contribution in [3.63, 3.8) is 0 Å². The zero-order valence-corrected chi connectivity index (χ0v) is 23.3. The fourth-order valence-electron chi connectivity index (χ4n) is 4.63. The number of methoxy groups -OCH3 is 1. The van der Waals surface area contributed by atoms with Gasteiger partial charge in [-0.25, -0.2) is 0 Å². The second-order valence-electron chi connectivity index (χ2n) is 9.34. The summed E-state index contributed by atoms with van der Waals surface area (Å²) in [6, 6.07) is 11.7. The molecule has 0 radical (unpaired) electrons. The Hall–Kier alpha value is -3.30. The topological polar surface area (TPSA) is 89.8 Å². The first-order valence-electron chi connectivity index (χ1n) is 13.1. The van der Waals surface area contributed by atoms with Gasteiger partial charge in [0.15, 0.2) is 10.2 Å². The molecule has 2 aromatic carbocycles. The molecule has 38 heavy (non-hydrogen) atoms. The van der Waals surface area contributed by atoms with Gasteiger partial charge in [0.1, 0.15) is 23.4 Å². The van der Waals surface area contributed by atoms with E-state index in [0.29, 0.717) is 11.7 Å². The fourth-order valence-corrected chi connectivity index (χ4v) is 4.96. The van der Waals surface area contributed by atoms with Crippen molar-refractivity contribution in [2.45, 2.75) is 50.5 Å². The Bertz CT molecular complexity index is 1180. The maximum Gasteiger partial charge on any atom is 0.170 e. The summed E-state index contributed by atoms with van der Waals surface area (Å²) in [5, 5.41) is 10.3. The van der Waals surface area contributed by atoms with Gasteiger partial charge in [-0.1, -0.05) is 50.0 Å². The van der Waals surface area contributed by atoms with Gasteiger partial charge in [0.25, 0.3) is 0 Å². The van der Waals surface area contributed by atoms with E-state index in [-0.39, 0.29) is 17.1 Å². The highest BCUT2D eigenvalue weighted by molar-refractivity contribution is 7.80. The normalized spacial score (nSPS) is 16.7. The fraction of sp³-hybridized carbons (Fsp3) is 0.379. The van der Waals surface area contributed by atoms with E-state index in [1.807, 2.05) is 42.5 Å². The number of allylic oxidation sites excluding steroid dienone is 2. The molecule has 0 saturated carbocycles. The Balaban J connectivity index is 1.07. The van der Waals surface area contributed by atoms with E-state index in [2.05, 4.69) is 34.2 Å². The van der Waals surface area contributed by atoms with Crippen LogP contribution in [0.2, 0.25) is 0 Å². The molecular formula is C29H36N4O3S2. The van der Waals surface area contributed by atoms with Gasteiger partial charge in [0.05, 0.1) is 19.4 Å². The van der Waals surface area contributed by atoms with E-state index in [1.54, 1.807) is 7.11 Å². The standard InChI is InChI=1S/C29H36N4O3S2/c1-34-27-18-23-22-13-6-7-14-25(22)36-26(23)19-24(27)33-29(38)31-15-8-4-2-3-5-9-16-35-21-12-10-11-20(17-21)32-28(30)37/h6-7,10-14,17-19,22,25H,2-5,8-9,15-16H2,1H3,(H3,30,32,37)(H2,31,33,38). The molecule has 9 heteroatoms. The lowest BCUT2D eigenvalue weighted by Crippen LogP contribution is -2.29. The van der Waals surface area contributed by atoms with Gasteiger partial charge >= 0.3 is 0 Å². The molecule has 1 heterocycles. The molecule has 2 unspecified atom stereocenters. The average molecular weight is 553 g/mol. The number of hydrogen-bond donors (Lipinski definition) is 4. The summed E-state index contributed by atoms with van der Waals surface area (Å²) >= 11 is 10.4. The Morgan fingerprint density at radius 1 is 0.974 bits per heavy atom. The Kier molecular flexibility index (Phi) is 10.2. The third kappa shape index (κ3) is 7.85. The molecule has 0 amide bonds. The van der Waals surface area contributed by atoms with Crippen LogP contribution in [0.15, 0.2) is 60.7 Å². The molecule has 1 aliphatic carbocycles. The highest BCUT2D eigenvalue weighted by Gasteiger charge is 2.33. The average Bonchev–Trinajstić information content (AvgIpc) is 3.26. The minimum Gasteiger partial charge on any atom is -0.495 e. The number of anilines is 2. The van der Waals surface area contributed by atoms with Crippen molar-refractivity contribution in [2.75, 3.05) is 30.9 Å². The minimum atomic E-state index is 0.0449. The van der Waals surface area contributed by atoms with Crippen molar-refractivity contribution >= 4 is 46.0 Å². The van der Waals surface area contributed by atoms with Crippen LogP contribution in [0.25, 0.3) is 0 Å². The maximum absolute atomic E-state index is 6.12. The number of fused-ring (bicyclic) bond motifs is 3. The molecule has 0 bridgehead atoms. The molecule has 5 N–H and O–H groups in total. The third-order valence-corrected chi connectivity index (χ3v) is 6.86. The number of nitrogens with one attached hydrogen (secondary N) is 3. The SMILES string of the molecule is COc1cc2c(cc1NC(=S)NCCCCCCCCOc1cccc(NC(N)=S)c1)OC1C=CC=CC21. The second kappa shape index (κ2) is 14.0. The van der Waals surface area contributed by atoms with Crippen LogP contribution >= 0.6 is 24.4 Å². The lowest BCUT2D eigenvalue weighted by Gasteiger charge is -2.15. The first-order chi connectivity index (χ1) is 18.5. The van der Waals surface area contributed by atoms with E-state index in [1.165, 1.54) is 12.8 Å².